The third-order valence-electron chi connectivity index (χ3n) is 4.62. The number of nitrogens with zero attached hydrogens (tertiary/aromatic N) is 2. The molecule has 1 aliphatic heterocycles. The van der Waals surface area contributed by atoms with E-state index in [9.17, 15) is 13.2 Å². The number of nitrogens with two attached hydrogens (primary N) is 1. The summed E-state index contributed by atoms with van der Waals surface area (Å²) >= 11 is 0. The first-order chi connectivity index (χ1) is 14.1. The van der Waals surface area contributed by atoms with Crippen molar-refractivity contribution in [2.75, 3.05) is 10.6 Å². The van der Waals surface area contributed by atoms with Crippen LogP contribution < -0.4 is 15.8 Å². The molecule has 0 aliphatic carbocycles. The van der Waals surface area contributed by atoms with Gasteiger partial charge in [0, 0.05) is 23.0 Å². The third kappa shape index (κ3) is 3.95. The number of ether oxygens (including phenoxy) is 1. The minimum Gasteiger partial charge on any atom is -0.438 e. The minimum atomic E-state index is -3.82. The number of anilines is 3. The van der Waals surface area contributed by atoms with Crippen LogP contribution in [-0.2, 0) is 20.4 Å². The van der Waals surface area contributed by atoms with Gasteiger partial charge in [-0.3, -0.25) is 5.32 Å². The molecule has 2 aromatic carbocycles. The van der Waals surface area contributed by atoms with Gasteiger partial charge in [-0.05, 0) is 50.2 Å². The Morgan fingerprint density at radius 2 is 1.93 bits per heavy atom. The molecule has 0 saturated heterocycles. The van der Waals surface area contributed by atoms with E-state index in [0.29, 0.717) is 23.0 Å². The number of fused-ring (bicyclic) bond motifs is 1. The summed E-state index contributed by atoms with van der Waals surface area (Å²) in [5.74, 6) is 0.292. The van der Waals surface area contributed by atoms with Crippen molar-refractivity contribution in [3.8, 4) is 11.3 Å². The first-order valence-electron chi connectivity index (χ1n) is 9.00. The van der Waals surface area contributed by atoms with E-state index in [2.05, 4.69) is 20.6 Å². The number of benzene rings is 2. The van der Waals surface area contributed by atoms with Gasteiger partial charge >= 0.3 is 6.09 Å². The fraction of sp³-hybridized carbons (Fsp3) is 0.150. The Hall–Kier alpha value is -3.50. The normalized spacial score (nSPS) is 15.0. The molecule has 154 valence electrons. The number of primary sulfonamides is 1. The van der Waals surface area contributed by atoms with Crippen LogP contribution in [0.2, 0.25) is 0 Å². The van der Waals surface area contributed by atoms with Crippen molar-refractivity contribution in [3.63, 3.8) is 0 Å². The Balaban J connectivity index is 1.66. The fourth-order valence-corrected chi connectivity index (χ4v) is 3.75. The van der Waals surface area contributed by atoms with Crippen LogP contribution in [0.5, 0.6) is 0 Å². The number of carbonyl (C=O) groups excluding carboxylic acids is 1. The average molecular weight is 425 g/mol. The highest BCUT2D eigenvalue weighted by Crippen LogP contribution is 2.37. The molecular formula is C20H19N5O4S. The molecule has 0 bridgehead atoms. The van der Waals surface area contributed by atoms with Gasteiger partial charge in [0.15, 0.2) is 0 Å². The molecule has 0 unspecified atom stereocenters. The lowest BCUT2D eigenvalue weighted by Gasteiger charge is -2.32. The van der Waals surface area contributed by atoms with Gasteiger partial charge in [-0.1, -0.05) is 12.1 Å². The van der Waals surface area contributed by atoms with Gasteiger partial charge < -0.3 is 10.1 Å². The highest BCUT2D eigenvalue weighted by molar-refractivity contribution is 7.89. The highest BCUT2D eigenvalue weighted by atomic mass is 32.2. The van der Waals surface area contributed by atoms with Crippen LogP contribution in [0.1, 0.15) is 19.4 Å². The summed E-state index contributed by atoms with van der Waals surface area (Å²) in [7, 11) is -3.82. The summed E-state index contributed by atoms with van der Waals surface area (Å²) in [6.45, 7) is 3.64. The van der Waals surface area contributed by atoms with Crippen molar-refractivity contribution in [2.45, 2.75) is 24.3 Å². The minimum absolute atomic E-state index is 0.0115. The van der Waals surface area contributed by atoms with Gasteiger partial charge in [-0.25, -0.2) is 28.3 Å². The van der Waals surface area contributed by atoms with E-state index in [-0.39, 0.29) is 4.90 Å². The van der Waals surface area contributed by atoms with E-state index in [1.807, 2.05) is 26.0 Å². The molecule has 1 aromatic heterocycles. The summed E-state index contributed by atoms with van der Waals surface area (Å²) in [6, 6.07) is 13.4. The molecule has 2 heterocycles. The standard InChI is InChI=1S/C20H19N5O4S/c1-20(2)15-10-12(6-7-17(15)25-19(26)29-20)16-8-9-22-18(24-16)23-13-4-3-5-14(11-13)30(21,27)28/h3-11H,1-2H3,(H,25,26)(H2,21,27,28)(H,22,23,24). The van der Waals surface area contributed by atoms with Crippen molar-refractivity contribution in [1.29, 1.82) is 0 Å². The second kappa shape index (κ2) is 7.08. The summed E-state index contributed by atoms with van der Waals surface area (Å²) in [6.07, 6.45) is 1.10. The molecule has 3 aromatic rings. The first-order valence-corrected chi connectivity index (χ1v) is 10.5. The van der Waals surface area contributed by atoms with Crippen molar-refractivity contribution in [1.82, 2.24) is 9.97 Å². The monoisotopic (exact) mass is 425 g/mol. The van der Waals surface area contributed by atoms with Crippen LogP contribution >= 0.6 is 0 Å². The molecule has 0 radical (unpaired) electrons. The Labute approximate surface area is 173 Å². The maximum Gasteiger partial charge on any atom is 0.412 e. The van der Waals surface area contributed by atoms with Gasteiger partial charge in [-0.15, -0.1) is 0 Å². The number of sulfonamides is 1. The zero-order valence-electron chi connectivity index (χ0n) is 16.2. The summed E-state index contributed by atoms with van der Waals surface area (Å²) < 4.78 is 28.5. The van der Waals surface area contributed by atoms with E-state index in [4.69, 9.17) is 9.88 Å². The van der Waals surface area contributed by atoms with Crippen molar-refractivity contribution >= 4 is 33.4 Å². The lowest BCUT2D eigenvalue weighted by Crippen LogP contribution is -2.34. The lowest BCUT2D eigenvalue weighted by molar-refractivity contribution is 0.0421. The first kappa shape index (κ1) is 19.8. The number of cyclic esters (lactones) is 1. The second-order valence-electron chi connectivity index (χ2n) is 7.25. The van der Waals surface area contributed by atoms with E-state index in [0.717, 1.165) is 11.1 Å². The molecule has 9 nitrogen and oxygen atoms in total. The quantitative estimate of drug-likeness (QED) is 0.583. The largest absolute Gasteiger partial charge is 0.438 e. The van der Waals surface area contributed by atoms with Gasteiger partial charge in [-0.2, -0.15) is 0 Å². The van der Waals surface area contributed by atoms with Gasteiger partial charge in [0.05, 0.1) is 16.3 Å². The third-order valence-corrected chi connectivity index (χ3v) is 5.53. The molecule has 0 fully saturated rings. The highest BCUT2D eigenvalue weighted by Gasteiger charge is 2.33. The van der Waals surface area contributed by atoms with Crippen LogP contribution in [0, 0.1) is 0 Å². The molecule has 0 saturated carbocycles. The van der Waals surface area contributed by atoms with E-state index >= 15 is 0 Å². The van der Waals surface area contributed by atoms with E-state index < -0.39 is 21.7 Å². The second-order valence-corrected chi connectivity index (χ2v) is 8.81. The van der Waals surface area contributed by atoms with Gasteiger partial charge in [0.1, 0.15) is 5.60 Å². The maximum atomic E-state index is 11.7. The molecule has 4 rings (SSSR count). The maximum absolute atomic E-state index is 11.7. The summed E-state index contributed by atoms with van der Waals surface area (Å²) in [4.78, 5) is 20.4. The number of hydrogen-bond donors (Lipinski definition) is 3. The van der Waals surface area contributed by atoms with Crippen LogP contribution in [-0.4, -0.2) is 24.5 Å². The van der Waals surface area contributed by atoms with Crippen LogP contribution in [0.25, 0.3) is 11.3 Å². The Kier molecular flexibility index (Phi) is 4.67. The number of rotatable bonds is 4. The van der Waals surface area contributed by atoms with E-state index in [1.54, 1.807) is 30.5 Å². The van der Waals surface area contributed by atoms with Crippen molar-refractivity contribution < 1.29 is 17.9 Å². The number of nitrogens with one attached hydrogen (secondary N) is 2. The van der Waals surface area contributed by atoms with Crippen LogP contribution in [0.15, 0.2) is 59.6 Å². The van der Waals surface area contributed by atoms with Crippen molar-refractivity contribution in [3.05, 3.63) is 60.3 Å². The molecular weight excluding hydrogens is 406 g/mol. The van der Waals surface area contributed by atoms with Gasteiger partial charge in [0.2, 0.25) is 16.0 Å². The molecule has 0 atom stereocenters. The molecule has 4 N–H and O–H groups in total. The Morgan fingerprint density at radius 3 is 2.70 bits per heavy atom. The molecule has 1 amide bonds. The lowest BCUT2D eigenvalue weighted by atomic mass is 9.92. The Bertz CT molecular complexity index is 1260. The molecule has 1 aliphatic rings. The summed E-state index contributed by atoms with van der Waals surface area (Å²) in [5, 5.41) is 10.9. The molecule has 0 spiro atoms. The average Bonchev–Trinajstić information content (AvgIpc) is 2.67. The Morgan fingerprint density at radius 1 is 1.13 bits per heavy atom. The number of aromatic nitrogens is 2. The zero-order chi connectivity index (χ0) is 21.5. The zero-order valence-corrected chi connectivity index (χ0v) is 17.0. The van der Waals surface area contributed by atoms with Crippen molar-refractivity contribution in [2.24, 2.45) is 5.14 Å². The van der Waals surface area contributed by atoms with Gasteiger partial charge in [0.25, 0.3) is 0 Å². The smallest absolute Gasteiger partial charge is 0.412 e. The van der Waals surface area contributed by atoms with E-state index in [1.165, 1.54) is 12.1 Å². The predicted molar refractivity (Wildman–Crippen MR) is 112 cm³/mol. The van der Waals surface area contributed by atoms with Crippen LogP contribution in [0.4, 0.5) is 22.1 Å². The summed E-state index contributed by atoms with van der Waals surface area (Å²) in [5.41, 5.74) is 2.67. The fourth-order valence-electron chi connectivity index (χ4n) is 3.19. The number of amides is 1. The van der Waals surface area contributed by atoms with Crippen LogP contribution in [0.3, 0.4) is 0 Å². The SMILES string of the molecule is CC1(C)OC(=O)Nc2ccc(-c3ccnc(Nc4cccc(S(N)(=O)=O)c4)n3)cc21. The number of hydrogen-bond acceptors (Lipinski definition) is 7. The predicted octanol–water partition coefficient (Wildman–Crippen LogP) is 3.33. The molecule has 30 heavy (non-hydrogen) atoms. The topological polar surface area (TPSA) is 136 Å². The molecule has 10 heteroatoms. The number of carbonyl (C=O) groups is 1.